The predicted molar refractivity (Wildman–Crippen MR) is 60.3 cm³/mol. The van der Waals surface area contributed by atoms with Gasteiger partial charge in [-0.1, -0.05) is 18.2 Å². The van der Waals surface area contributed by atoms with Gasteiger partial charge in [0.05, 0.1) is 11.1 Å². The second-order valence-corrected chi connectivity index (χ2v) is 5.05. The third kappa shape index (κ3) is 1.84. The minimum absolute atomic E-state index is 0.249. The van der Waals surface area contributed by atoms with Gasteiger partial charge in [-0.3, -0.25) is 5.10 Å². The first-order chi connectivity index (χ1) is 7.65. The van der Waals surface area contributed by atoms with Crippen LogP contribution in [0.15, 0.2) is 41.6 Å². The number of nitrogens with zero attached hydrogens (tertiary/aromatic N) is 1. The molecular weight excluding hydrogens is 226 g/mol. The number of nitrogens with one attached hydrogen (secondary N) is 2. The molecule has 1 aromatic heterocycles. The summed E-state index contributed by atoms with van der Waals surface area (Å²) in [7, 11) is -2.06. The second kappa shape index (κ2) is 4.07. The van der Waals surface area contributed by atoms with Crippen LogP contribution in [0.1, 0.15) is 0 Å². The molecule has 84 valence electrons. The first kappa shape index (κ1) is 10.8. The fourth-order valence-corrected chi connectivity index (χ4v) is 2.40. The van der Waals surface area contributed by atoms with E-state index in [0.717, 1.165) is 5.56 Å². The van der Waals surface area contributed by atoms with Crippen molar-refractivity contribution in [1.29, 1.82) is 0 Å². The predicted octanol–water partition coefficient (Wildman–Crippen LogP) is 0.985. The minimum atomic E-state index is -3.45. The van der Waals surface area contributed by atoms with Crippen LogP contribution in [-0.4, -0.2) is 25.7 Å². The Kier molecular flexibility index (Phi) is 2.76. The van der Waals surface area contributed by atoms with Crippen molar-refractivity contribution in [3.8, 4) is 11.1 Å². The molecule has 0 saturated heterocycles. The Balaban J connectivity index is 2.65. The van der Waals surface area contributed by atoms with Crippen molar-refractivity contribution in [2.24, 2.45) is 0 Å². The highest BCUT2D eigenvalue weighted by atomic mass is 32.2. The summed E-state index contributed by atoms with van der Waals surface area (Å²) in [4.78, 5) is 0.249. The average molecular weight is 237 g/mol. The van der Waals surface area contributed by atoms with Crippen LogP contribution in [0.3, 0.4) is 0 Å². The van der Waals surface area contributed by atoms with Gasteiger partial charge in [0, 0.05) is 17.3 Å². The van der Waals surface area contributed by atoms with Gasteiger partial charge in [0.2, 0.25) is 10.0 Å². The van der Waals surface area contributed by atoms with Crippen molar-refractivity contribution in [2.75, 3.05) is 7.05 Å². The van der Waals surface area contributed by atoms with Gasteiger partial charge >= 0.3 is 0 Å². The standard InChI is InChI=1S/C10H11N3O2S/c1-11-16(14,15)10-5-3-2-4-9(10)8-6-12-13-7-8/h2-7,11H,1H3,(H,12,13). The van der Waals surface area contributed by atoms with Crippen molar-refractivity contribution in [2.45, 2.75) is 4.90 Å². The molecule has 0 aliphatic rings. The Morgan fingerprint density at radius 3 is 2.69 bits per heavy atom. The lowest BCUT2D eigenvalue weighted by atomic mass is 10.1. The van der Waals surface area contributed by atoms with Gasteiger partial charge in [-0.25, -0.2) is 13.1 Å². The monoisotopic (exact) mass is 237 g/mol. The van der Waals surface area contributed by atoms with Crippen molar-refractivity contribution in [3.05, 3.63) is 36.7 Å². The lowest BCUT2D eigenvalue weighted by Crippen LogP contribution is -2.19. The van der Waals surface area contributed by atoms with Crippen LogP contribution in [0.4, 0.5) is 0 Å². The van der Waals surface area contributed by atoms with Gasteiger partial charge in [0.1, 0.15) is 0 Å². The molecule has 0 unspecified atom stereocenters. The van der Waals surface area contributed by atoms with Crippen LogP contribution in [-0.2, 0) is 10.0 Å². The van der Waals surface area contributed by atoms with E-state index < -0.39 is 10.0 Å². The van der Waals surface area contributed by atoms with Crippen LogP contribution in [0.2, 0.25) is 0 Å². The highest BCUT2D eigenvalue weighted by Crippen LogP contribution is 2.25. The van der Waals surface area contributed by atoms with E-state index in [2.05, 4.69) is 14.9 Å². The summed E-state index contributed by atoms with van der Waals surface area (Å²) in [6.07, 6.45) is 3.24. The van der Waals surface area contributed by atoms with E-state index >= 15 is 0 Å². The first-order valence-corrected chi connectivity index (χ1v) is 6.15. The lowest BCUT2D eigenvalue weighted by Gasteiger charge is -2.07. The Morgan fingerprint density at radius 2 is 2.06 bits per heavy atom. The molecule has 0 saturated carbocycles. The molecular formula is C10H11N3O2S. The molecule has 1 heterocycles. The molecule has 16 heavy (non-hydrogen) atoms. The molecule has 0 radical (unpaired) electrons. The van der Waals surface area contributed by atoms with Crippen LogP contribution in [0.25, 0.3) is 11.1 Å². The molecule has 0 bridgehead atoms. The molecule has 6 heteroatoms. The highest BCUT2D eigenvalue weighted by Gasteiger charge is 2.17. The fraction of sp³-hybridized carbons (Fsp3) is 0.100. The van der Waals surface area contributed by atoms with Crippen molar-refractivity contribution < 1.29 is 8.42 Å². The zero-order valence-electron chi connectivity index (χ0n) is 8.64. The topological polar surface area (TPSA) is 74.8 Å². The molecule has 2 aromatic rings. The lowest BCUT2D eigenvalue weighted by molar-refractivity contribution is 0.588. The third-order valence-electron chi connectivity index (χ3n) is 2.25. The fourth-order valence-electron chi connectivity index (χ4n) is 1.45. The van der Waals surface area contributed by atoms with E-state index in [1.54, 1.807) is 36.7 Å². The summed E-state index contributed by atoms with van der Waals surface area (Å²) >= 11 is 0. The third-order valence-corrected chi connectivity index (χ3v) is 3.73. The van der Waals surface area contributed by atoms with Crippen LogP contribution < -0.4 is 4.72 Å². The molecule has 0 aliphatic carbocycles. The zero-order chi connectivity index (χ0) is 11.6. The van der Waals surface area contributed by atoms with Crippen LogP contribution >= 0.6 is 0 Å². The summed E-state index contributed by atoms with van der Waals surface area (Å²) in [5, 5.41) is 6.47. The highest BCUT2D eigenvalue weighted by molar-refractivity contribution is 7.89. The van der Waals surface area contributed by atoms with Crippen LogP contribution in [0, 0.1) is 0 Å². The number of hydrogen-bond donors (Lipinski definition) is 2. The van der Waals surface area contributed by atoms with Gasteiger partial charge in [0.15, 0.2) is 0 Å². The normalized spacial score (nSPS) is 11.6. The Labute approximate surface area is 93.6 Å². The molecule has 0 fully saturated rings. The summed E-state index contributed by atoms with van der Waals surface area (Å²) in [5.74, 6) is 0. The number of benzene rings is 1. The molecule has 5 nitrogen and oxygen atoms in total. The zero-order valence-corrected chi connectivity index (χ0v) is 9.45. The molecule has 2 N–H and O–H groups in total. The van der Waals surface area contributed by atoms with E-state index in [4.69, 9.17) is 0 Å². The smallest absolute Gasteiger partial charge is 0.240 e. The van der Waals surface area contributed by atoms with Gasteiger partial charge < -0.3 is 0 Å². The van der Waals surface area contributed by atoms with E-state index in [9.17, 15) is 8.42 Å². The van der Waals surface area contributed by atoms with Crippen molar-refractivity contribution >= 4 is 10.0 Å². The number of aromatic amines is 1. The van der Waals surface area contributed by atoms with Gasteiger partial charge in [-0.15, -0.1) is 0 Å². The Morgan fingerprint density at radius 1 is 1.31 bits per heavy atom. The molecule has 2 rings (SSSR count). The maximum atomic E-state index is 11.8. The number of hydrogen-bond acceptors (Lipinski definition) is 3. The number of aromatic nitrogens is 2. The molecule has 0 spiro atoms. The SMILES string of the molecule is CNS(=O)(=O)c1ccccc1-c1cn[nH]c1. The van der Waals surface area contributed by atoms with Gasteiger partial charge in [-0.05, 0) is 13.1 Å². The van der Waals surface area contributed by atoms with Crippen LogP contribution in [0.5, 0.6) is 0 Å². The van der Waals surface area contributed by atoms with E-state index in [-0.39, 0.29) is 4.90 Å². The quantitative estimate of drug-likeness (QED) is 0.835. The number of H-pyrrole nitrogens is 1. The maximum Gasteiger partial charge on any atom is 0.240 e. The minimum Gasteiger partial charge on any atom is -0.285 e. The Bertz CT molecular complexity index is 576. The van der Waals surface area contributed by atoms with E-state index in [0.29, 0.717) is 5.56 Å². The number of rotatable bonds is 3. The summed E-state index contributed by atoms with van der Waals surface area (Å²) in [6.45, 7) is 0. The van der Waals surface area contributed by atoms with Crippen molar-refractivity contribution in [3.63, 3.8) is 0 Å². The Hall–Kier alpha value is -1.66. The number of sulfonamides is 1. The first-order valence-electron chi connectivity index (χ1n) is 4.67. The van der Waals surface area contributed by atoms with Gasteiger partial charge in [0.25, 0.3) is 0 Å². The molecule has 0 atom stereocenters. The van der Waals surface area contributed by atoms with E-state index in [1.165, 1.54) is 7.05 Å². The summed E-state index contributed by atoms with van der Waals surface area (Å²) in [5.41, 5.74) is 1.38. The summed E-state index contributed by atoms with van der Waals surface area (Å²) < 4.78 is 25.9. The second-order valence-electron chi connectivity index (χ2n) is 3.19. The van der Waals surface area contributed by atoms with E-state index in [1.807, 2.05) is 0 Å². The van der Waals surface area contributed by atoms with Crippen molar-refractivity contribution in [1.82, 2.24) is 14.9 Å². The molecule has 0 aliphatic heterocycles. The maximum absolute atomic E-state index is 11.8. The molecule has 1 aromatic carbocycles. The molecule has 0 amide bonds. The van der Waals surface area contributed by atoms with Gasteiger partial charge in [-0.2, -0.15) is 5.10 Å². The summed E-state index contributed by atoms with van der Waals surface area (Å²) in [6, 6.07) is 6.79. The largest absolute Gasteiger partial charge is 0.285 e. The average Bonchev–Trinajstić information content (AvgIpc) is 2.82.